The van der Waals surface area contributed by atoms with Crippen molar-refractivity contribution in [1.29, 1.82) is 0 Å². The van der Waals surface area contributed by atoms with Crippen LogP contribution in [0.5, 0.6) is 5.88 Å². The summed E-state index contributed by atoms with van der Waals surface area (Å²) in [5.41, 5.74) is -1.13. The molecule has 1 saturated heterocycles. The number of rotatable bonds is 8. The summed E-state index contributed by atoms with van der Waals surface area (Å²) >= 11 is 0. The van der Waals surface area contributed by atoms with Crippen LogP contribution >= 0.6 is 0 Å². The van der Waals surface area contributed by atoms with Crippen LogP contribution in [0.4, 0.5) is 10.5 Å². The van der Waals surface area contributed by atoms with Crippen LogP contribution in [0, 0.1) is 0 Å². The SMILES string of the molecule is CC.CCNCC.O=C1NC(=O)N(c2ccccc2)C(=O)C1=CC=CC=CC=Cc1c(O)[nH]c(=O)n(-c2ccccc2)c1=O. The molecule has 0 bridgehead atoms. The molecule has 230 valence electrons. The molecule has 1 fully saturated rings. The zero-order chi connectivity index (χ0) is 32.5. The lowest BCUT2D eigenvalue weighted by Crippen LogP contribution is -2.54. The Bertz CT molecular complexity index is 1650. The molecule has 1 aromatic heterocycles. The number of nitrogens with zero attached hydrogens (tertiary/aromatic N) is 2. The summed E-state index contributed by atoms with van der Waals surface area (Å²) in [6, 6.07) is 15.7. The van der Waals surface area contributed by atoms with E-state index in [9.17, 15) is 29.1 Å². The molecule has 11 heteroatoms. The Morgan fingerprint density at radius 2 is 1.32 bits per heavy atom. The number of urea groups is 1. The van der Waals surface area contributed by atoms with Crippen molar-refractivity contribution in [3.8, 4) is 11.6 Å². The number of H-pyrrole nitrogens is 1. The Morgan fingerprint density at radius 3 is 1.89 bits per heavy atom. The maximum Gasteiger partial charge on any atom is 0.335 e. The highest BCUT2D eigenvalue weighted by atomic mass is 16.3. The van der Waals surface area contributed by atoms with Gasteiger partial charge < -0.3 is 10.4 Å². The number of imide groups is 2. The average molecular weight is 600 g/mol. The molecule has 0 aliphatic carbocycles. The summed E-state index contributed by atoms with van der Waals surface area (Å²) in [4.78, 5) is 65.0. The molecule has 3 aromatic rings. The molecule has 44 heavy (non-hydrogen) atoms. The van der Waals surface area contributed by atoms with Gasteiger partial charge in [0.1, 0.15) is 11.1 Å². The lowest BCUT2D eigenvalue weighted by molar-refractivity contribution is -0.122. The van der Waals surface area contributed by atoms with Gasteiger partial charge in [-0.15, -0.1) is 0 Å². The number of anilines is 1. The van der Waals surface area contributed by atoms with E-state index < -0.39 is 35.0 Å². The lowest BCUT2D eigenvalue weighted by Gasteiger charge is -2.26. The Labute approximate surface area is 255 Å². The van der Waals surface area contributed by atoms with Gasteiger partial charge in [-0.1, -0.05) is 94.5 Å². The molecule has 0 unspecified atom stereocenters. The molecule has 4 N–H and O–H groups in total. The maximum atomic E-state index is 12.8. The lowest BCUT2D eigenvalue weighted by atomic mass is 10.1. The van der Waals surface area contributed by atoms with Crippen LogP contribution in [0.2, 0.25) is 0 Å². The average Bonchev–Trinajstić information content (AvgIpc) is 3.02. The fourth-order valence-electron chi connectivity index (χ4n) is 3.74. The van der Waals surface area contributed by atoms with E-state index in [-0.39, 0.29) is 11.1 Å². The van der Waals surface area contributed by atoms with Gasteiger partial charge in [-0.3, -0.25) is 24.7 Å². The number of aromatic amines is 1. The number of benzene rings is 2. The van der Waals surface area contributed by atoms with Crippen molar-refractivity contribution in [3.63, 3.8) is 0 Å². The monoisotopic (exact) mass is 599 g/mol. The summed E-state index contributed by atoms with van der Waals surface area (Å²) < 4.78 is 0.908. The van der Waals surface area contributed by atoms with Crippen LogP contribution in [0.1, 0.15) is 33.3 Å². The first-order chi connectivity index (χ1) is 21.3. The Morgan fingerprint density at radius 1 is 0.773 bits per heavy atom. The zero-order valence-electron chi connectivity index (χ0n) is 25.1. The van der Waals surface area contributed by atoms with E-state index in [1.807, 2.05) is 13.8 Å². The minimum absolute atomic E-state index is 0.116. The predicted molar refractivity (Wildman–Crippen MR) is 173 cm³/mol. The normalized spacial score (nSPS) is 14.0. The van der Waals surface area contributed by atoms with Crippen molar-refractivity contribution in [2.45, 2.75) is 27.7 Å². The second-order valence-electron chi connectivity index (χ2n) is 8.57. The van der Waals surface area contributed by atoms with Gasteiger partial charge in [0.15, 0.2) is 0 Å². The first-order valence-electron chi connectivity index (χ1n) is 14.1. The van der Waals surface area contributed by atoms with Gasteiger partial charge in [-0.25, -0.2) is 19.1 Å². The van der Waals surface area contributed by atoms with Gasteiger partial charge in [0.05, 0.1) is 11.4 Å². The minimum atomic E-state index is -0.829. The standard InChI is InChI=1S/C27H20N4O6.C4H11N.C2H6/c32-22-20(24(34)30(26(36)28-22)18-12-6-4-7-13-18)16-10-2-1-3-11-17-21-23(33)29-27(37)31(25(21)35)19-14-8-5-9-15-19;1-3-5-4-2;1-2/h1-17,32H,(H,28,36)(H,29,33,37);5H,3-4H2,1-2H3;1-2H3. The van der Waals surface area contributed by atoms with E-state index >= 15 is 0 Å². The summed E-state index contributed by atoms with van der Waals surface area (Å²) in [6.07, 6.45) is 10.1. The molecule has 1 aliphatic heterocycles. The molecule has 0 spiro atoms. The molecular weight excluding hydrogens is 562 g/mol. The number of nitrogens with one attached hydrogen (secondary N) is 3. The zero-order valence-corrected chi connectivity index (χ0v) is 25.1. The smallest absolute Gasteiger partial charge is 0.335 e. The number of aromatic hydroxyl groups is 1. The van der Waals surface area contributed by atoms with Gasteiger partial charge in [0.25, 0.3) is 17.4 Å². The number of carbonyl (C=O) groups is 3. The number of allylic oxidation sites excluding steroid dienone is 6. The van der Waals surface area contributed by atoms with Crippen molar-refractivity contribution >= 4 is 29.6 Å². The summed E-state index contributed by atoms with van der Waals surface area (Å²) in [7, 11) is 0. The Hall–Kier alpha value is -5.55. The summed E-state index contributed by atoms with van der Waals surface area (Å²) in [6.45, 7) is 10.4. The van der Waals surface area contributed by atoms with Crippen molar-refractivity contribution in [2.24, 2.45) is 0 Å². The first-order valence-corrected chi connectivity index (χ1v) is 14.1. The molecule has 1 aliphatic rings. The number of aromatic nitrogens is 2. The fourth-order valence-corrected chi connectivity index (χ4v) is 3.74. The van der Waals surface area contributed by atoms with Gasteiger partial charge in [0.2, 0.25) is 5.88 Å². The molecule has 0 saturated carbocycles. The van der Waals surface area contributed by atoms with Gasteiger partial charge in [-0.05, 0) is 49.5 Å². The van der Waals surface area contributed by atoms with Crippen molar-refractivity contribution < 1.29 is 19.5 Å². The Balaban J connectivity index is 0.000000876. The number of barbiturate groups is 1. The largest absolute Gasteiger partial charge is 0.494 e. The quantitative estimate of drug-likeness (QED) is 0.172. The predicted octanol–water partition coefficient (Wildman–Crippen LogP) is 4.21. The summed E-state index contributed by atoms with van der Waals surface area (Å²) in [5.74, 6) is -2.12. The highest BCUT2D eigenvalue weighted by Gasteiger charge is 2.36. The third-order valence-corrected chi connectivity index (χ3v) is 5.72. The van der Waals surface area contributed by atoms with Crippen molar-refractivity contribution in [2.75, 3.05) is 18.0 Å². The van der Waals surface area contributed by atoms with E-state index in [4.69, 9.17) is 0 Å². The van der Waals surface area contributed by atoms with Crippen molar-refractivity contribution in [1.82, 2.24) is 20.2 Å². The highest BCUT2D eigenvalue weighted by Crippen LogP contribution is 2.20. The third kappa shape index (κ3) is 9.23. The van der Waals surface area contributed by atoms with Gasteiger partial charge in [-0.2, -0.15) is 0 Å². The van der Waals surface area contributed by atoms with Crippen LogP contribution in [0.15, 0.2) is 112 Å². The molecule has 2 aromatic carbocycles. The van der Waals surface area contributed by atoms with Crippen LogP contribution in [0.3, 0.4) is 0 Å². The van der Waals surface area contributed by atoms with Crippen LogP contribution in [0.25, 0.3) is 11.8 Å². The maximum absolute atomic E-state index is 12.8. The van der Waals surface area contributed by atoms with Gasteiger partial charge >= 0.3 is 11.7 Å². The van der Waals surface area contributed by atoms with Gasteiger partial charge in [0, 0.05) is 0 Å². The molecule has 0 atom stereocenters. The van der Waals surface area contributed by atoms with E-state index in [1.165, 1.54) is 36.5 Å². The third-order valence-electron chi connectivity index (χ3n) is 5.72. The van der Waals surface area contributed by atoms with Crippen molar-refractivity contribution in [3.05, 3.63) is 129 Å². The number of para-hydroxylation sites is 2. The summed E-state index contributed by atoms with van der Waals surface area (Å²) in [5, 5.41) is 15.3. The van der Waals surface area contributed by atoms with E-state index in [0.29, 0.717) is 11.4 Å². The fraction of sp³-hybridized carbons (Fsp3) is 0.182. The second-order valence-corrected chi connectivity index (χ2v) is 8.57. The highest BCUT2D eigenvalue weighted by molar-refractivity contribution is 6.37. The topological polar surface area (TPSA) is 154 Å². The van der Waals surface area contributed by atoms with Crippen LogP contribution < -0.4 is 26.8 Å². The van der Waals surface area contributed by atoms with Crippen LogP contribution in [-0.2, 0) is 9.59 Å². The number of hydrogen-bond donors (Lipinski definition) is 4. The second kappa shape index (κ2) is 18.1. The Kier molecular flexibility index (Phi) is 14.2. The number of amides is 4. The van der Waals surface area contributed by atoms with E-state index in [1.54, 1.807) is 66.7 Å². The number of carbonyl (C=O) groups excluding carboxylic acids is 3. The molecule has 4 rings (SSSR count). The van der Waals surface area contributed by atoms with Crippen LogP contribution in [-0.4, -0.2) is 45.6 Å². The molecule has 2 heterocycles. The minimum Gasteiger partial charge on any atom is -0.494 e. The number of hydrogen-bond acceptors (Lipinski definition) is 7. The van der Waals surface area contributed by atoms with E-state index in [2.05, 4.69) is 29.5 Å². The first kappa shape index (κ1) is 34.7. The van der Waals surface area contributed by atoms with E-state index in [0.717, 1.165) is 22.6 Å². The molecule has 0 radical (unpaired) electrons. The molecular formula is C33H37N5O6. The molecule has 4 amide bonds. The molecule has 11 nitrogen and oxygen atoms in total.